The van der Waals surface area contributed by atoms with Crippen molar-refractivity contribution in [2.45, 2.75) is 33.3 Å². The number of hydrogen-bond donors (Lipinski definition) is 1. The lowest BCUT2D eigenvalue weighted by Crippen LogP contribution is -2.50. The Balaban J connectivity index is 1.99. The molecule has 1 aromatic rings. The molecule has 1 aliphatic rings. The number of ether oxygens (including phenoxy) is 2. The number of amides is 1. The molecule has 0 radical (unpaired) electrons. The molecule has 2 rings (SSSR count). The summed E-state index contributed by atoms with van der Waals surface area (Å²) < 4.78 is 10.8. The highest BCUT2D eigenvalue weighted by molar-refractivity contribution is 5.70. The van der Waals surface area contributed by atoms with Crippen LogP contribution in [-0.2, 0) is 4.74 Å². The van der Waals surface area contributed by atoms with Crippen LogP contribution in [0.3, 0.4) is 0 Å². The summed E-state index contributed by atoms with van der Waals surface area (Å²) in [4.78, 5) is 24.1. The number of piperazine rings is 1. The van der Waals surface area contributed by atoms with Crippen molar-refractivity contribution in [3.05, 3.63) is 6.33 Å². The fraction of sp³-hybridized carbons (Fsp3) is 0.667. The van der Waals surface area contributed by atoms with E-state index in [2.05, 4.69) is 9.97 Å². The van der Waals surface area contributed by atoms with Gasteiger partial charge in [0.15, 0.2) is 5.82 Å². The molecular weight excluding hydrogens is 298 g/mol. The van der Waals surface area contributed by atoms with Crippen molar-refractivity contribution >= 4 is 17.6 Å². The Labute approximate surface area is 136 Å². The standard InChI is InChI=1S/C15H25N5O3/c1-5-22-13-11(16)12(17-10-18-13)19-6-8-20(9-7-19)14(21)23-15(2,3)4/h10H,5-9,16H2,1-4H3. The molecule has 0 aliphatic carbocycles. The summed E-state index contributed by atoms with van der Waals surface area (Å²) >= 11 is 0. The normalized spacial score (nSPS) is 15.5. The highest BCUT2D eigenvalue weighted by atomic mass is 16.6. The van der Waals surface area contributed by atoms with Gasteiger partial charge in [0.1, 0.15) is 17.6 Å². The van der Waals surface area contributed by atoms with Crippen molar-refractivity contribution < 1.29 is 14.3 Å². The highest BCUT2D eigenvalue weighted by Crippen LogP contribution is 2.28. The fourth-order valence-corrected chi connectivity index (χ4v) is 2.30. The van der Waals surface area contributed by atoms with Crippen LogP contribution in [0.1, 0.15) is 27.7 Å². The monoisotopic (exact) mass is 323 g/mol. The Bertz CT molecular complexity index is 551. The summed E-state index contributed by atoms with van der Waals surface area (Å²) in [5, 5.41) is 0. The van der Waals surface area contributed by atoms with Crippen molar-refractivity contribution in [3.63, 3.8) is 0 Å². The van der Waals surface area contributed by atoms with Crippen LogP contribution in [0.4, 0.5) is 16.3 Å². The number of carbonyl (C=O) groups excluding carboxylic acids is 1. The zero-order valence-electron chi connectivity index (χ0n) is 14.2. The molecule has 1 saturated heterocycles. The molecule has 0 atom stereocenters. The molecule has 0 bridgehead atoms. The largest absolute Gasteiger partial charge is 0.476 e. The van der Waals surface area contributed by atoms with E-state index in [0.717, 1.165) is 0 Å². The summed E-state index contributed by atoms with van der Waals surface area (Å²) in [5.74, 6) is 1.04. The first-order valence-corrected chi connectivity index (χ1v) is 7.78. The van der Waals surface area contributed by atoms with Gasteiger partial charge in [-0.15, -0.1) is 0 Å². The summed E-state index contributed by atoms with van der Waals surface area (Å²) in [6.07, 6.45) is 1.15. The molecule has 8 nitrogen and oxygen atoms in total. The van der Waals surface area contributed by atoms with Crippen molar-refractivity contribution in [3.8, 4) is 5.88 Å². The van der Waals surface area contributed by atoms with E-state index in [-0.39, 0.29) is 6.09 Å². The van der Waals surface area contributed by atoms with E-state index in [4.69, 9.17) is 15.2 Å². The molecule has 0 spiro atoms. The Kier molecular flexibility index (Phi) is 5.12. The van der Waals surface area contributed by atoms with Gasteiger partial charge in [-0.2, -0.15) is 4.98 Å². The van der Waals surface area contributed by atoms with Crippen LogP contribution in [0, 0.1) is 0 Å². The second-order valence-electron chi connectivity index (χ2n) is 6.30. The molecule has 1 aromatic heterocycles. The first-order chi connectivity index (χ1) is 10.8. The van der Waals surface area contributed by atoms with Crippen molar-refractivity contribution in [1.82, 2.24) is 14.9 Å². The zero-order chi connectivity index (χ0) is 17.0. The molecule has 0 saturated carbocycles. The third kappa shape index (κ3) is 4.37. The van der Waals surface area contributed by atoms with Crippen LogP contribution in [0.15, 0.2) is 6.33 Å². The van der Waals surface area contributed by atoms with Gasteiger partial charge in [-0.3, -0.25) is 0 Å². The van der Waals surface area contributed by atoms with Crippen LogP contribution >= 0.6 is 0 Å². The quantitative estimate of drug-likeness (QED) is 0.901. The minimum absolute atomic E-state index is 0.289. The number of hydrogen-bond acceptors (Lipinski definition) is 7. The molecule has 1 fully saturated rings. The van der Waals surface area contributed by atoms with Gasteiger partial charge >= 0.3 is 6.09 Å². The fourth-order valence-electron chi connectivity index (χ4n) is 2.30. The van der Waals surface area contributed by atoms with E-state index in [1.807, 2.05) is 32.6 Å². The highest BCUT2D eigenvalue weighted by Gasteiger charge is 2.27. The molecule has 128 valence electrons. The molecule has 0 aromatic carbocycles. The number of nitrogens with zero attached hydrogens (tertiary/aromatic N) is 4. The van der Waals surface area contributed by atoms with E-state index in [1.165, 1.54) is 6.33 Å². The van der Waals surface area contributed by atoms with Gasteiger partial charge in [-0.1, -0.05) is 0 Å². The molecule has 2 N–H and O–H groups in total. The second kappa shape index (κ2) is 6.89. The summed E-state index contributed by atoms with van der Waals surface area (Å²) in [6, 6.07) is 0. The van der Waals surface area contributed by atoms with E-state index in [0.29, 0.717) is 50.2 Å². The average molecular weight is 323 g/mol. The lowest BCUT2D eigenvalue weighted by atomic mass is 10.2. The van der Waals surface area contributed by atoms with Crippen molar-refractivity contribution in [1.29, 1.82) is 0 Å². The zero-order valence-corrected chi connectivity index (χ0v) is 14.2. The van der Waals surface area contributed by atoms with Crippen LogP contribution in [0.25, 0.3) is 0 Å². The topological polar surface area (TPSA) is 93.8 Å². The van der Waals surface area contributed by atoms with E-state index >= 15 is 0 Å². The van der Waals surface area contributed by atoms with Crippen LogP contribution in [-0.4, -0.2) is 59.3 Å². The number of aromatic nitrogens is 2. The minimum Gasteiger partial charge on any atom is -0.476 e. The molecule has 1 amide bonds. The second-order valence-corrected chi connectivity index (χ2v) is 6.30. The van der Waals surface area contributed by atoms with Gasteiger partial charge in [0, 0.05) is 26.2 Å². The molecule has 0 unspecified atom stereocenters. The van der Waals surface area contributed by atoms with E-state index in [9.17, 15) is 4.79 Å². The SMILES string of the molecule is CCOc1ncnc(N2CCN(C(=O)OC(C)(C)C)CC2)c1N. The van der Waals surface area contributed by atoms with Gasteiger partial charge in [-0.05, 0) is 27.7 Å². The summed E-state index contributed by atoms with van der Waals surface area (Å²) in [5.41, 5.74) is 6.02. The lowest BCUT2D eigenvalue weighted by Gasteiger charge is -2.36. The maximum atomic E-state index is 12.1. The van der Waals surface area contributed by atoms with Crippen molar-refractivity contribution in [2.75, 3.05) is 43.4 Å². The third-order valence-corrected chi connectivity index (χ3v) is 3.34. The molecule has 23 heavy (non-hydrogen) atoms. The molecule has 2 heterocycles. The Hall–Kier alpha value is -2.25. The smallest absolute Gasteiger partial charge is 0.410 e. The number of nitrogen functional groups attached to an aromatic ring is 1. The summed E-state index contributed by atoms with van der Waals surface area (Å²) in [7, 11) is 0. The first-order valence-electron chi connectivity index (χ1n) is 7.78. The van der Waals surface area contributed by atoms with Crippen LogP contribution < -0.4 is 15.4 Å². The Morgan fingerprint density at radius 2 is 1.91 bits per heavy atom. The average Bonchev–Trinajstić information content (AvgIpc) is 2.48. The minimum atomic E-state index is -0.488. The van der Waals surface area contributed by atoms with E-state index < -0.39 is 5.60 Å². The molecular formula is C15H25N5O3. The Morgan fingerprint density at radius 3 is 2.48 bits per heavy atom. The predicted molar refractivity (Wildman–Crippen MR) is 87.6 cm³/mol. The van der Waals surface area contributed by atoms with Crippen LogP contribution in [0.2, 0.25) is 0 Å². The maximum absolute atomic E-state index is 12.1. The van der Waals surface area contributed by atoms with Gasteiger partial charge < -0.3 is 25.0 Å². The first kappa shape index (κ1) is 17.1. The maximum Gasteiger partial charge on any atom is 0.410 e. The Morgan fingerprint density at radius 1 is 1.26 bits per heavy atom. The third-order valence-electron chi connectivity index (χ3n) is 3.34. The number of nitrogens with two attached hydrogens (primary N) is 1. The number of carbonyl (C=O) groups is 1. The van der Waals surface area contributed by atoms with Gasteiger partial charge in [0.25, 0.3) is 0 Å². The van der Waals surface area contributed by atoms with Gasteiger partial charge in [-0.25, -0.2) is 9.78 Å². The number of anilines is 2. The predicted octanol–water partition coefficient (Wildman–Crippen LogP) is 1.51. The number of rotatable bonds is 3. The van der Waals surface area contributed by atoms with Gasteiger partial charge in [0.05, 0.1) is 6.61 Å². The van der Waals surface area contributed by atoms with Crippen LogP contribution in [0.5, 0.6) is 5.88 Å². The molecule has 1 aliphatic heterocycles. The molecule has 8 heteroatoms. The van der Waals surface area contributed by atoms with Crippen molar-refractivity contribution in [2.24, 2.45) is 0 Å². The summed E-state index contributed by atoms with van der Waals surface area (Å²) in [6.45, 7) is 10.3. The van der Waals surface area contributed by atoms with Gasteiger partial charge in [0.2, 0.25) is 5.88 Å². The van der Waals surface area contributed by atoms with E-state index in [1.54, 1.807) is 4.90 Å². The lowest BCUT2D eigenvalue weighted by molar-refractivity contribution is 0.0240.